The molecule has 0 fully saturated rings. The molecule has 2 aromatic heterocycles. The molecule has 0 saturated heterocycles. The largest absolute Gasteiger partial charge is 0.377 e. The normalized spacial score (nSPS) is 10.5. The maximum Gasteiger partial charge on any atom is 0.180 e. The first-order valence-electron chi connectivity index (χ1n) is 4.80. The van der Waals surface area contributed by atoms with E-state index in [1.54, 1.807) is 12.6 Å². The van der Waals surface area contributed by atoms with E-state index in [0.717, 1.165) is 15.2 Å². The fourth-order valence-electron chi connectivity index (χ4n) is 1.14. The van der Waals surface area contributed by atoms with E-state index < -0.39 is 0 Å². The molecule has 0 atom stereocenters. The SMILES string of the molecule is CNc1cc(Sc2nncs2)nc(COC)n1. The smallest absolute Gasteiger partial charge is 0.180 e. The number of nitrogens with one attached hydrogen (secondary N) is 1. The van der Waals surface area contributed by atoms with Gasteiger partial charge in [-0.05, 0) is 11.8 Å². The molecule has 0 bridgehead atoms. The highest BCUT2D eigenvalue weighted by Crippen LogP contribution is 2.28. The van der Waals surface area contributed by atoms with Crippen molar-refractivity contribution in [3.8, 4) is 0 Å². The number of anilines is 1. The Bertz CT molecular complexity index is 476. The molecular weight excluding hydrogens is 258 g/mol. The second-order valence-electron chi connectivity index (χ2n) is 3.00. The van der Waals surface area contributed by atoms with Crippen LogP contribution in [-0.4, -0.2) is 34.3 Å². The van der Waals surface area contributed by atoms with E-state index in [1.165, 1.54) is 23.1 Å². The summed E-state index contributed by atoms with van der Waals surface area (Å²) in [5.41, 5.74) is 1.69. The Morgan fingerprint density at radius 1 is 1.47 bits per heavy atom. The van der Waals surface area contributed by atoms with Crippen molar-refractivity contribution in [2.45, 2.75) is 16.0 Å². The summed E-state index contributed by atoms with van der Waals surface area (Å²) in [5, 5.41) is 11.6. The lowest BCUT2D eigenvalue weighted by molar-refractivity contribution is 0.177. The van der Waals surface area contributed by atoms with Gasteiger partial charge in [-0.15, -0.1) is 10.2 Å². The van der Waals surface area contributed by atoms with E-state index in [0.29, 0.717) is 12.4 Å². The van der Waals surface area contributed by atoms with Crippen LogP contribution < -0.4 is 5.32 Å². The summed E-state index contributed by atoms with van der Waals surface area (Å²) in [6.07, 6.45) is 0. The number of aromatic nitrogens is 4. The minimum absolute atomic E-state index is 0.388. The molecule has 8 heteroatoms. The molecule has 2 heterocycles. The van der Waals surface area contributed by atoms with Gasteiger partial charge in [-0.2, -0.15) is 0 Å². The van der Waals surface area contributed by atoms with Gasteiger partial charge >= 0.3 is 0 Å². The van der Waals surface area contributed by atoms with Crippen LogP contribution in [0.4, 0.5) is 5.82 Å². The molecule has 0 saturated carbocycles. The summed E-state index contributed by atoms with van der Waals surface area (Å²) < 4.78 is 5.89. The summed E-state index contributed by atoms with van der Waals surface area (Å²) >= 11 is 2.94. The molecule has 0 radical (unpaired) electrons. The van der Waals surface area contributed by atoms with Gasteiger partial charge in [0.05, 0.1) is 0 Å². The van der Waals surface area contributed by atoms with Crippen molar-refractivity contribution in [2.24, 2.45) is 0 Å². The van der Waals surface area contributed by atoms with Gasteiger partial charge in [0, 0.05) is 20.2 Å². The Morgan fingerprint density at radius 2 is 2.35 bits per heavy atom. The molecule has 6 nitrogen and oxygen atoms in total. The minimum Gasteiger partial charge on any atom is -0.377 e. The number of hydrogen-bond acceptors (Lipinski definition) is 8. The highest BCUT2D eigenvalue weighted by atomic mass is 32.2. The second kappa shape index (κ2) is 5.89. The summed E-state index contributed by atoms with van der Waals surface area (Å²) in [6.45, 7) is 0.388. The Labute approximate surface area is 107 Å². The Hall–Kier alpha value is -1.25. The van der Waals surface area contributed by atoms with Crippen LogP contribution in [0.5, 0.6) is 0 Å². The van der Waals surface area contributed by atoms with Crippen molar-refractivity contribution >= 4 is 28.9 Å². The lowest BCUT2D eigenvalue weighted by Gasteiger charge is -2.05. The lowest BCUT2D eigenvalue weighted by Crippen LogP contribution is -2.02. The quantitative estimate of drug-likeness (QED) is 0.828. The minimum atomic E-state index is 0.388. The van der Waals surface area contributed by atoms with Crippen LogP contribution in [0.3, 0.4) is 0 Å². The highest BCUT2D eigenvalue weighted by Gasteiger charge is 2.07. The zero-order valence-corrected chi connectivity index (χ0v) is 11.0. The lowest BCUT2D eigenvalue weighted by atomic mass is 10.5. The number of hydrogen-bond donors (Lipinski definition) is 1. The topological polar surface area (TPSA) is 72.8 Å². The molecule has 0 amide bonds. The summed E-state index contributed by atoms with van der Waals surface area (Å²) in [5.74, 6) is 1.41. The molecule has 2 rings (SSSR count). The zero-order valence-electron chi connectivity index (χ0n) is 9.38. The molecule has 0 aliphatic rings. The van der Waals surface area contributed by atoms with Crippen molar-refractivity contribution in [1.29, 1.82) is 0 Å². The molecule has 0 unspecified atom stereocenters. The van der Waals surface area contributed by atoms with Crippen molar-refractivity contribution in [1.82, 2.24) is 20.2 Å². The fourth-order valence-corrected chi connectivity index (χ4v) is 2.59. The number of nitrogens with zero attached hydrogens (tertiary/aromatic N) is 4. The average molecular weight is 269 g/mol. The third-order valence-electron chi connectivity index (χ3n) is 1.81. The van der Waals surface area contributed by atoms with Gasteiger partial charge in [0.2, 0.25) is 0 Å². The van der Waals surface area contributed by atoms with Crippen molar-refractivity contribution in [3.63, 3.8) is 0 Å². The fraction of sp³-hybridized carbons (Fsp3) is 0.333. The van der Waals surface area contributed by atoms with E-state index in [1.807, 2.05) is 13.1 Å². The Balaban J connectivity index is 2.23. The maximum atomic E-state index is 5.03. The van der Waals surface area contributed by atoms with Crippen LogP contribution >= 0.6 is 23.1 Å². The number of methoxy groups -OCH3 is 1. The Kier molecular flexibility index (Phi) is 4.24. The van der Waals surface area contributed by atoms with Gasteiger partial charge in [-0.3, -0.25) is 0 Å². The standard InChI is InChI=1S/C9H11N5OS2/c1-10-6-3-8(13-7(12-6)4-15-2)17-9-14-11-5-16-9/h3,5H,4H2,1-2H3,(H,10,12,13). The van der Waals surface area contributed by atoms with E-state index in [9.17, 15) is 0 Å². The van der Waals surface area contributed by atoms with Gasteiger partial charge in [-0.1, -0.05) is 11.3 Å². The van der Waals surface area contributed by atoms with Crippen LogP contribution in [0.25, 0.3) is 0 Å². The first-order valence-corrected chi connectivity index (χ1v) is 6.50. The summed E-state index contributed by atoms with van der Waals surface area (Å²) in [6, 6.07) is 1.87. The van der Waals surface area contributed by atoms with E-state index in [4.69, 9.17) is 4.74 Å². The number of ether oxygens (including phenoxy) is 1. The van der Waals surface area contributed by atoms with Crippen molar-refractivity contribution in [3.05, 3.63) is 17.4 Å². The van der Waals surface area contributed by atoms with E-state index in [-0.39, 0.29) is 0 Å². The molecule has 90 valence electrons. The highest BCUT2D eigenvalue weighted by molar-refractivity contribution is 8.00. The molecule has 2 aromatic rings. The van der Waals surface area contributed by atoms with Gasteiger partial charge in [0.1, 0.15) is 23.0 Å². The number of rotatable bonds is 5. The summed E-state index contributed by atoms with van der Waals surface area (Å²) in [7, 11) is 3.44. The van der Waals surface area contributed by atoms with Crippen LogP contribution in [0.2, 0.25) is 0 Å². The van der Waals surface area contributed by atoms with Crippen molar-refractivity contribution < 1.29 is 4.74 Å². The van der Waals surface area contributed by atoms with Crippen LogP contribution in [0.1, 0.15) is 5.82 Å². The third-order valence-corrected chi connectivity index (χ3v) is 3.51. The zero-order chi connectivity index (χ0) is 12.1. The average Bonchev–Trinajstić information content (AvgIpc) is 2.82. The molecule has 17 heavy (non-hydrogen) atoms. The van der Waals surface area contributed by atoms with Gasteiger partial charge in [0.15, 0.2) is 10.2 Å². The Morgan fingerprint density at radius 3 is 3.00 bits per heavy atom. The van der Waals surface area contributed by atoms with Crippen LogP contribution in [-0.2, 0) is 11.3 Å². The molecule has 0 aliphatic carbocycles. The third kappa shape index (κ3) is 3.35. The monoisotopic (exact) mass is 269 g/mol. The van der Waals surface area contributed by atoms with Crippen molar-refractivity contribution in [2.75, 3.05) is 19.5 Å². The first-order chi connectivity index (χ1) is 8.31. The second-order valence-corrected chi connectivity index (χ2v) is 5.10. The molecule has 0 aliphatic heterocycles. The molecule has 0 spiro atoms. The molecule has 1 N–H and O–H groups in total. The van der Waals surface area contributed by atoms with Crippen LogP contribution in [0.15, 0.2) is 20.9 Å². The van der Waals surface area contributed by atoms with E-state index >= 15 is 0 Å². The predicted molar refractivity (Wildman–Crippen MR) is 66.3 cm³/mol. The molecular formula is C9H11N5OS2. The van der Waals surface area contributed by atoms with Gasteiger partial charge in [0.25, 0.3) is 0 Å². The van der Waals surface area contributed by atoms with Gasteiger partial charge < -0.3 is 10.1 Å². The first kappa shape index (κ1) is 12.2. The maximum absolute atomic E-state index is 5.03. The summed E-state index contributed by atoms with van der Waals surface area (Å²) in [4.78, 5) is 8.65. The van der Waals surface area contributed by atoms with Crippen LogP contribution in [0, 0.1) is 0 Å². The van der Waals surface area contributed by atoms with Gasteiger partial charge in [-0.25, -0.2) is 9.97 Å². The molecule has 0 aromatic carbocycles. The van der Waals surface area contributed by atoms with E-state index in [2.05, 4.69) is 25.5 Å². The predicted octanol–water partition coefficient (Wildman–Crippen LogP) is 1.67.